The standard InChI is InChI=1S/C8H6Br2N4/c1-14-4-5(3-11-14)8-12-6(9)2-7(10)13-8/h2-4H,1H3. The smallest absolute Gasteiger partial charge is 0.164 e. The topological polar surface area (TPSA) is 43.6 Å². The van der Waals surface area contributed by atoms with Crippen LogP contribution in [0.5, 0.6) is 0 Å². The summed E-state index contributed by atoms with van der Waals surface area (Å²) in [5.74, 6) is 0.652. The molecule has 0 fully saturated rings. The maximum absolute atomic E-state index is 4.24. The average molecular weight is 318 g/mol. The van der Waals surface area contributed by atoms with Gasteiger partial charge in [-0.25, -0.2) is 9.97 Å². The highest BCUT2D eigenvalue weighted by Crippen LogP contribution is 2.19. The van der Waals surface area contributed by atoms with Gasteiger partial charge in [0.1, 0.15) is 9.21 Å². The fraction of sp³-hybridized carbons (Fsp3) is 0.125. The number of halogens is 2. The third kappa shape index (κ3) is 2.01. The van der Waals surface area contributed by atoms with E-state index in [2.05, 4.69) is 46.9 Å². The first-order chi connectivity index (χ1) is 6.65. The summed E-state index contributed by atoms with van der Waals surface area (Å²) < 4.78 is 3.21. The van der Waals surface area contributed by atoms with Crippen molar-refractivity contribution < 1.29 is 0 Å². The summed E-state index contributed by atoms with van der Waals surface area (Å²) in [6.45, 7) is 0. The first kappa shape index (κ1) is 9.79. The summed E-state index contributed by atoms with van der Waals surface area (Å²) in [5.41, 5.74) is 0.898. The molecule has 4 nitrogen and oxygen atoms in total. The molecule has 2 aromatic rings. The predicted octanol–water partition coefficient (Wildman–Crippen LogP) is 2.40. The Hall–Kier alpha value is -0.750. The molecule has 0 saturated carbocycles. The van der Waals surface area contributed by atoms with E-state index in [0.717, 1.165) is 14.8 Å². The molecule has 2 aromatic heterocycles. The largest absolute Gasteiger partial charge is 0.275 e. The Bertz CT molecular complexity index is 446. The fourth-order valence-electron chi connectivity index (χ4n) is 1.06. The van der Waals surface area contributed by atoms with Crippen LogP contribution in [0.1, 0.15) is 0 Å². The average Bonchev–Trinajstić information content (AvgIpc) is 2.50. The number of nitrogens with zero attached hydrogens (tertiary/aromatic N) is 4. The van der Waals surface area contributed by atoms with Crippen LogP contribution in [0.2, 0.25) is 0 Å². The van der Waals surface area contributed by atoms with E-state index in [-0.39, 0.29) is 0 Å². The zero-order chi connectivity index (χ0) is 10.1. The number of aromatic nitrogens is 4. The monoisotopic (exact) mass is 316 g/mol. The first-order valence-electron chi connectivity index (χ1n) is 3.84. The van der Waals surface area contributed by atoms with Crippen LogP contribution in [0.4, 0.5) is 0 Å². The van der Waals surface area contributed by atoms with E-state index in [1.165, 1.54) is 0 Å². The van der Waals surface area contributed by atoms with E-state index in [0.29, 0.717) is 5.82 Å². The van der Waals surface area contributed by atoms with Gasteiger partial charge in [-0.2, -0.15) is 5.10 Å². The Labute approximate surface area is 97.6 Å². The molecule has 72 valence electrons. The van der Waals surface area contributed by atoms with E-state index in [9.17, 15) is 0 Å². The number of rotatable bonds is 1. The minimum Gasteiger partial charge on any atom is -0.275 e. The number of hydrogen-bond acceptors (Lipinski definition) is 3. The molecule has 0 N–H and O–H groups in total. The zero-order valence-corrected chi connectivity index (χ0v) is 10.4. The van der Waals surface area contributed by atoms with Crippen LogP contribution >= 0.6 is 31.9 Å². The lowest BCUT2D eigenvalue weighted by Crippen LogP contribution is -1.89. The molecule has 14 heavy (non-hydrogen) atoms. The van der Waals surface area contributed by atoms with Gasteiger partial charge in [0.25, 0.3) is 0 Å². The molecule has 0 unspecified atom stereocenters. The number of aryl methyl sites for hydroxylation is 1. The van der Waals surface area contributed by atoms with Gasteiger partial charge in [0.15, 0.2) is 5.82 Å². The predicted molar refractivity (Wildman–Crippen MR) is 59.6 cm³/mol. The Morgan fingerprint density at radius 3 is 2.36 bits per heavy atom. The molecule has 0 aliphatic heterocycles. The second kappa shape index (κ2) is 3.78. The lowest BCUT2D eigenvalue weighted by molar-refractivity contribution is 0.768. The van der Waals surface area contributed by atoms with Crippen LogP contribution in [-0.4, -0.2) is 19.7 Å². The zero-order valence-electron chi connectivity index (χ0n) is 7.28. The molecule has 0 bridgehead atoms. The number of hydrogen-bond donors (Lipinski definition) is 0. The van der Waals surface area contributed by atoms with Crippen LogP contribution in [0.15, 0.2) is 27.7 Å². The van der Waals surface area contributed by atoms with Gasteiger partial charge in [-0.1, -0.05) is 0 Å². The molecule has 6 heteroatoms. The third-order valence-corrected chi connectivity index (χ3v) is 2.44. The van der Waals surface area contributed by atoms with Crippen LogP contribution in [0.25, 0.3) is 11.4 Å². The minimum absolute atomic E-state index is 0.652. The van der Waals surface area contributed by atoms with Gasteiger partial charge < -0.3 is 0 Å². The summed E-state index contributed by atoms with van der Waals surface area (Å²) >= 11 is 6.62. The van der Waals surface area contributed by atoms with Crippen molar-refractivity contribution in [2.24, 2.45) is 7.05 Å². The molecular formula is C8H6Br2N4. The van der Waals surface area contributed by atoms with E-state index in [4.69, 9.17) is 0 Å². The molecule has 0 saturated heterocycles. The van der Waals surface area contributed by atoms with Crippen molar-refractivity contribution in [3.05, 3.63) is 27.7 Å². The maximum atomic E-state index is 4.24. The molecule has 2 rings (SSSR count). The highest BCUT2D eigenvalue weighted by molar-refractivity contribution is 9.11. The van der Waals surface area contributed by atoms with Crippen LogP contribution in [0, 0.1) is 0 Å². The van der Waals surface area contributed by atoms with E-state index in [1.54, 1.807) is 16.9 Å². The second-order valence-corrected chi connectivity index (χ2v) is 4.36. The molecule has 0 spiro atoms. The van der Waals surface area contributed by atoms with Gasteiger partial charge in [-0.15, -0.1) is 0 Å². The van der Waals surface area contributed by atoms with Crippen molar-refractivity contribution in [2.45, 2.75) is 0 Å². The summed E-state index contributed by atoms with van der Waals surface area (Å²) in [7, 11) is 1.86. The molecule has 0 aliphatic rings. The Morgan fingerprint density at radius 2 is 1.86 bits per heavy atom. The van der Waals surface area contributed by atoms with Crippen LogP contribution < -0.4 is 0 Å². The van der Waals surface area contributed by atoms with Crippen molar-refractivity contribution in [3.8, 4) is 11.4 Å². The summed E-state index contributed by atoms with van der Waals surface area (Å²) in [6.07, 6.45) is 3.60. The van der Waals surface area contributed by atoms with Crippen molar-refractivity contribution in [2.75, 3.05) is 0 Å². The Morgan fingerprint density at radius 1 is 1.21 bits per heavy atom. The highest BCUT2D eigenvalue weighted by atomic mass is 79.9. The van der Waals surface area contributed by atoms with Gasteiger partial charge in [0.2, 0.25) is 0 Å². The quantitative estimate of drug-likeness (QED) is 0.759. The summed E-state index contributed by atoms with van der Waals surface area (Å²) in [6, 6.07) is 1.79. The van der Waals surface area contributed by atoms with Gasteiger partial charge in [0, 0.05) is 19.3 Å². The first-order valence-corrected chi connectivity index (χ1v) is 5.43. The lowest BCUT2D eigenvalue weighted by atomic mass is 10.3. The van der Waals surface area contributed by atoms with Crippen molar-refractivity contribution >= 4 is 31.9 Å². The maximum Gasteiger partial charge on any atom is 0.164 e. The normalized spacial score (nSPS) is 10.5. The molecular weight excluding hydrogens is 312 g/mol. The van der Waals surface area contributed by atoms with E-state index < -0.39 is 0 Å². The SMILES string of the molecule is Cn1cc(-c2nc(Br)cc(Br)n2)cn1. The van der Waals surface area contributed by atoms with Crippen molar-refractivity contribution in [3.63, 3.8) is 0 Å². The second-order valence-electron chi connectivity index (χ2n) is 2.74. The van der Waals surface area contributed by atoms with Crippen LogP contribution in [0.3, 0.4) is 0 Å². The molecule has 0 atom stereocenters. The van der Waals surface area contributed by atoms with E-state index in [1.807, 2.05) is 13.2 Å². The van der Waals surface area contributed by atoms with Crippen molar-refractivity contribution in [1.82, 2.24) is 19.7 Å². The van der Waals surface area contributed by atoms with Gasteiger partial charge in [0.05, 0.1) is 11.8 Å². The van der Waals surface area contributed by atoms with Gasteiger partial charge in [-0.3, -0.25) is 4.68 Å². The molecule has 2 heterocycles. The molecule has 0 aromatic carbocycles. The minimum atomic E-state index is 0.652. The van der Waals surface area contributed by atoms with Crippen molar-refractivity contribution in [1.29, 1.82) is 0 Å². The fourth-order valence-corrected chi connectivity index (χ4v) is 2.13. The Kier molecular flexibility index (Phi) is 2.64. The molecule has 0 radical (unpaired) electrons. The van der Waals surface area contributed by atoms with Crippen LogP contribution in [-0.2, 0) is 7.05 Å². The Balaban J connectivity index is 2.51. The molecule has 0 amide bonds. The lowest BCUT2D eigenvalue weighted by Gasteiger charge is -1.97. The highest BCUT2D eigenvalue weighted by Gasteiger charge is 2.05. The summed E-state index contributed by atoms with van der Waals surface area (Å²) in [4.78, 5) is 8.48. The third-order valence-electron chi connectivity index (χ3n) is 1.63. The summed E-state index contributed by atoms with van der Waals surface area (Å²) in [5, 5.41) is 4.06. The van der Waals surface area contributed by atoms with Gasteiger partial charge >= 0.3 is 0 Å². The van der Waals surface area contributed by atoms with E-state index >= 15 is 0 Å². The van der Waals surface area contributed by atoms with Gasteiger partial charge in [-0.05, 0) is 31.9 Å². The molecule has 0 aliphatic carbocycles.